The highest BCUT2D eigenvalue weighted by atomic mass is 14.9. The van der Waals surface area contributed by atoms with E-state index in [-0.39, 0.29) is 0 Å². The Morgan fingerprint density at radius 1 is 1.11 bits per heavy atom. The molecule has 0 aliphatic heterocycles. The van der Waals surface area contributed by atoms with Crippen molar-refractivity contribution in [2.75, 3.05) is 6.54 Å². The fraction of sp³-hybridized carbons (Fsp3) is 0.733. The SMILES string of the molecule is CCCNC(Cc1cc(CCC)ncn1)C(C)C. The van der Waals surface area contributed by atoms with Crippen LogP contribution in [0.25, 0.3) is 0 Å². The molecule has 1 N–H and O–H groups in total. The molecule has 102 valence electrons. The van der Waals surface area contributed by atoms with Crippen molar-refractivity contribution in [3.8, 4) is 0 Å². The summed E-state index contributed by atoms with van der Waals surface area (Å²) in [6.45, 7) is 9.99. The van der Waals surface area contributed by atoms with Gasteiger partial charge in [0, 0.05) is 23.9 Å². The van der Waals surface area contributed by atoms with E-state index in [0.717, 1.165) is 31.5 Å². The molecule has 0 saturated carbocycles. The number of hydrogen-bond acceptors (Lipinski definition) is 3. The van der Waals surface area contributed by atoms with Gasteiger partial charge in [0.15, 0.2) is 0 Å². The van der Waals surface area contributed by atoms with Crippen molar-refractivity contribution in [2.24, 2.45) is 5.92 Å². The van der Waals surface area contributed by atoms with Gasteiger partial charge in [-0.1, -0.05) is 34.1 Å². The van der Waals surface area contributed by atoms with E-state index in [9.17, 15) is 0 Å². The number of nitrogens with zero attached hydrogens (tertiary/aromatic N) is 2. The second kappa shape index (κ2) is 8.20. The molecule has 0 aromatic carbocycles. The molecule has 0 amide bonds. The van der Waals surface area contributed by atoms with Gasteiger partial charge in [-0.15, -0.1) is 0 Å². The third-order valence-electron chi connectivity index (χ3n) is 3.18. The summed E-state index contributed by atoms with van der Waals surface area (Å²) >= 11 is 0. The summed E-state index contributed by atoms with van der Waals surface area (Å²) in [5, 5.41) is 3.61. The molecule has 3 heteroatoms. The van der Waals surface area contributed by atoms with Crippen LogP contribution in [0.3, 0.4) is 0 Å². The van der Waals surface area contributed by atoms with E-state index < -0.39 is 0 Å². The minimum Gasteiger partial charge on any atom is -0.313 e. The van der Waals surface area contributed by atoms with Crippen LogP contribution in [0.1, 0.15) is 51.9 Å². The van der Waals surface area contributed by atoms with Crippen molar-refractivity contribution >= 4 is 0 Å². The van der Waals surface area contributed by atoms with Crippen LogP contribution in [0, 0.1) is 5.92 Å². The molecule has 0 aliphatic carbocycles. The molecule has 1 unspecified atom stereocenters. The Hall–Kier alpha value is -0.960. The molecule has 1 rings (SSSR count). The Morgan fingerprint density at radius 2 is 1.83 bits per heavy atom. The van der Waals surface area contributed by atoms with Crippen molar-refractivity contribution in [3.05, 3.63) is 23.8 Å². The normalized spacial score (nSPS) is 12.9. The monoisotopic (exact) mass is 249 g/mol. The van der Waals surface area contributed by atoms with Gasteiger partial charge in [0.1, 0.15) is 6.33 Å². The van der Waals surface area contributed by atoms with Crippen LogP contribution in [0.5, 0.6) is 0 Å². The first kappa shape index (κ1) is 15.1. The number of rotatable bonds is 8. The molecule has 1 atom stereocenters. The summed E-state index contributed by atoms with van der Waals surface area (Å²) in [6, 6.07) is 2.67. The van der Waals surface area contributed by atoms with Crippen molar-refractivity contribution in [1.29, 1.82) is 0 Å². The largest absolute Gasteiger partial charge is 0.313 e. The zero-order chi connectivity index (χ0) is 13.4. The Labute approximate surface area is 111 Å². The van der Waals surface area contributed by atoms with Gasteiger partial charge in [-0.25, -0.2) is 9.97 Å². The van der Waals surface area contributed by atoms with Gasteiger partial charge < -0.3 is 5.32 Å². The average molecular weight is 249 g/mol. The summed E-state index contributed by atoms with van der Waals surface area (Å²) in [4.78, 5) is 8.71. The molecular formula is C15H27N3. The van der Waals surface area contributed by atoms with Crippen LogP contribution in [0.2, 0.25) is 0 Å². The molecule has 0 bridgehead atoms. The summed E-state index contributed by atoms with van der Waals surface area (Å²) in [5.41, 5.74) is 2.33. The molecule has 1 aromatic heterocycles. The van der Waals surface area contributed by atoms with E-state index in [4.69, 9.17) is 0 Å². The lowest BCUT2D eigenvalue weighted by Crippen LogP contribution is -2.36. The first-order valence-corrected chi connectivity index (χ1v) is 7.20. The third-order valence-corrected chi connectivity index (χ3v) is 3.18. The van der Waals surface area contributed by atoms with E-state index >= 15 is 0 Å². The molecule has 1 aromatic rings. The minimum absolute atomic E-state index is 0.509. The predicted octanol–water partition coefficient (Wildman–Crippen LogP) is 3.00. The van der Waals surface area contributed by atoms with E-state index in [1.807, 2.05) is 0 Å². The van der Waals surface area contributed by atoms with Crippen LogP contribution in [0.15, 0.2) is 12.4 Å². The maximum Gasteiger partial charge on any atom is 0.115 e. The molecular weight excluding hydrogens is 222 g/mol. The van der Waals surface area contributed by atoms with E-state index in [1.165, 1.54) is 12.1 Å². The molecule has 0 saturated heterocycles. The number of nitrogens with one attached hydrogen (secondary N) is 1. The molecule has 1 heterocycles. The predicted molar refractivity (Wildman–Crippen MR) is 76.7 cm³/mol. The molecule has 0 spiro atoms. The van der Waals surface area contributed by atoms with Gasteiger partial charge in [0.25, 0.3) is 0 Å². The summed E-state index contributed by atoms with van der Waals surface area (Å²) in [6.07, 6.45) is 6.06. The lowest BCUT2D eigenvalue weighted by molar-refractivity contribution is 0.394. The molecule has 0 radical (unpaired) electrons. The Balaban J connectivity index is 2.64. The number of hydrogen-bond donors (Lipinski definition) is 1. The molecule has 18 heavy (non-hydrogen) atoms. The highest BCUT2D eigenvalue weighted by Crippen LogP contribution is 2.10. The molecule has 3 nitrogen and oxygen atoms in total. The van der Waals surface area contributed by atoms with E-state index in [2.05, 4.69) is 49.0 Å². The first-order valence-electron chi connectivity index (χ1n) is 7.20. The average Bonchev–Trinajstić information content (AvgIpc) is 2.35. The summed E-state index contributed by atoms with van der Waals surface area (Å²) < 4.78 is 0. The minimum atomic E-state index is 0.509. The summed E-state index contributed by atoms with van der Waals surface area (Å²) in [7, 11) is 0. The Bertz CT molecular complexity index is 336. The standard InChI is InChI=1S/C15H27N3/c1-5-7-13-9-14(18-11-17-13)10-15(12(3)4)16-8-6-2/h9,11-12,15-16H,5-8,10H2,1-4H3. The van der Waals surface area contributed by atoms with Gasteiger partial charge >= 0.3 is 0 Å². The topological polar surface area (TPSA) is 37.8 Å². The van der Waals surface area contributed by atoms with Crippen LogP contribution in [-0.2, 0) is 12.8 Å². The first-order chi connectivity index (χ1) is 8.67. The Kier molecular flexibility index (Phi) is 6.88. The molecule has 0 fully saturated rings. The van der Waals surface area contributed by atoms with Crippen molar-refractivity contribution in [1.82, 2.24) is 15.3 Å². The van der Waals surface area contributed by atoms with E-state index in [0.29, 0.717) is 12.0 Å². The van der Waals surface area contributed by atoms with E-state index in [1.54, 1.807) is 6.33 Å². The fourth-order valence-electron chi connectivity index (χ4n) is 2.05. The highest BCUT2D eigenvalue weighted by molar-refractivity contribution is 5.10. The van der Waals surface area contributed by atoms with Crippen molar-refractivity contribution in [2.45, 2.75) is 59.4 Å². The van der Waals surface area contributed by atoms with Crippen LogP contribution >= 0.6 is 0 Å². The lowest BCUT2D eigenvalue weighted by Gasteiger charge is -2.22. The summed E-state index contributed by atoms with van der Waals surface area (Å²) in [5.74, 6) is 0.626. The third kappa shape index (κ3) is 5.13. The van der Waals surface area contributed by atoms with Crippen molar-refractivity contribution in [3.63, 3.8) is 0 Å². The van der Waals surface area contributed by atoms with Gasteiger partial charge in [-0.3, -0.25) is 0 Å². The quantitative estimate of drug-likeness (QED) is 0.769. The smallest absolute Gasteiger partial charge is 0.115 e. The lowest BCUT2D eigenvalue weighted by atomic mass is 9.98. The maximum atomic E-state index is 4.40. The van der Waals surface area contributed by atoms with Gasteiger partial charge in [0.05, 0.1) is 0 Å². The zero-order valence-electron chi connectivity index (χ0n) is 12.2. The van der Waals surface area contributed by atoms with Crippen LogP contribution in [0.4, 0.5) is 0 Å². The second-order valence-electron chi connectivity index (χ2n) is 5.26. The van der Waals surface area contributed by atoms with Gasteiger partial charge in [-0.2, -0.15) is 0 Å². The van der Waals surface area contributed by atoms with Crippen molar-refractivity contribution < 1.29 is 0 Å². The Morgan fingerprint density at radius 3 is 2.44 bits per heavy atom. The highest BCUT2D eigenvalue weighted by Gasteiger charge is 2.14. The van der Waals surface area contributed by atoms with Gasteiger partial charge in [0.2, 0.25) is 0 Å². The second-order valence-corrected chi connectivity index (χ2v) is 5.26. The molecule has 0 aliphatic rings. The number of aromatic nitrogens is 2. The number of aryl methyl sites for hydroxylation is 1. The fourth-order valence-corrected chi connectivity index (χ4v) is 2.05. The maximum absolute atomic E-state index is 4.40. The van der Waals surface area contributed by atoms with Gasteiger partial charge in [-0.05, 0) is 31.4 Å². The zero-order valence-corrected chi connectivity index (χ0v) is 12.2. The van der Waals surface area contributed by atoms with Crippen LogP contribution in [-0.4, -0.2) is 22.6 Å². The van der Waals surface area contributed by atoms with Crippen LogP contribution < -0.4 is 5.32 Å².